The molecule has 2 aliphatic rings. The lowest BCUT2D eigenvalue weighted by molar-refractivity contribution is -0.132. The molecule has 0 bridgehead atoms. The smallest absolute Gasteiger partial charge is 0.333 e. The molecule has 9 nitrogen and oxygen atoms in total. The van der Waals surface area contributed by atoms with E-state index >= 15 is 0 Å². The average molecular weight is 510 g/mol. The Bertz CT molecular complexity index is 1530. The number of methoxy groups -OCH3 is 1. The van der Waals surface area contributed by atoms with Gasteiger partial charge in [-0.3, -0.25) is 4.79 Å². The number of nitrogens with one attached hydrogen (secondary N) is 1. The highest BCUT2D eigenvalue weighted by Crippen LogP contribution is 2.47. The molecule has 3 aromatic rings. The molecule has 1 aliphatic heterocycles. The molecule has 5 rings (SSSR count). The molecule has 1 amide bonds. The maximum Gasteiger partial charge on any atom is 0.333 e. The fraction of sp³-hybridized carbons (Fsp3) is 0.308. The predicted octanol–water partition coefficient (Wildman–Crippen LogP) is 3.78. The summed E-state index contributed by atoms with van der Waals surface area (Å²) in [7, 11) is -2.66. The standard InChI is InChI=1S/C26H27N3O6S/c1-35-19-8-10-20-17(12-19)11-18(26(31)32)14-29-22-13-16(25(30)28-36(27,33)34)7-9-21(22)23(24(20)29)15-5-3-2-4-6-15/h7-13,15H,2-6,14H2,1H3,(H,28,30)(H,31,32)(H2,27,33,34). The first-order chi connectivity index (χ1) is 17.2. The van der Waals surface area contributed by atoms with Crippen molar-refractivity contribution in [2.45, 2.75) is 44.6 Å². The van der Waals surface area contributed by atoms with Gasteiger partial charge in [0.2, 0.25) is 0 Å². The van der Waals surface area contributed by atoms with Crippen LogP contribution in [0.5, 0.6) is 5.75 Å². The number of aliphatic carboxylic acids is 1. The van der Waals surface area contributed by atoms with Gasteiger partial charge in [-0.25, -0.2) is 14.7 Å². The van der Waals surface area contributed by atoms with Gasteiger partial charge in [0.05, 0.1) is 24.9 Å². The van der Waals surface area contributed by atoms with E-state index < -0.39 is 22.1 Å². The Morgan fingerprint density at radius 3 is 2.53 bits per heavy atom. The Morgan fingerprint density at radius 1 is 1.11 bits per heavy atom. The molecular formula is C26H27N3O6S. The molecule has 0 saturated heterocycles. The number of hydrogen-bond donors (Lipinski definition) is 3. The minimum atomic E-state index is -4.23. The van der Waals surface area contributed by atoms with Crippen LogP contribution in [0.4, 0.5) is 0 Å². The summed E-state index contributed by atoms with van der Waals surface area (Å²) in [6.07, 6.45) is 7.11. The monoisotopic (exact) mass is 509 g/mol. The molecule has 188 valence electrons. The lowest BCUT2D eigenvalue weighted by Gasteiger charge is -2.24. The van der Waals surface area contributed by atoms with E-state index in [1.165, 1.54) is 6.42 Å². The van der Waals surface area contributed by atoms with Crippen molar-refractivity contribution in [3.63, 3.8) is 0 Å². The highest BCUT2D eigenvalue weighted by atomic mass is 32.2. The van der Waals surface area contributed by atoms with Crippen LogP contribution in [-0.4, -0.2) is 37.1 Å². The fourth-order valence-electron chi connectivity index (χ4n) is 5.50. The second kappa shape index (κ2) is 9.11. The number of nitrogens with zero attached hydrogens (tertiary/aromatic N) is 1. The maximum absolute atomic E-state index is 12.6. The summed E-state index contributed by atoms with van der Waals surface area (Å²) >= 11 is 0. The number of fused-ring (bicyclic) bond motifs is 5. The Kier molecular flexibility index (Phi) is 6.09. The molecule has 0 atom stereocenters. The van der Waals surface area contributed by atoms with Crippen LogP contribution in [0.15, 0.2) is 42.0 Å². The van der Waals surface area contributed by atoms with Crippen LogP contribution in [0.1, 0.15) is 59.5 Å². The predicted molar refractivity (Wildman–Crippen MR) is 136 cm³/mol. The topological polar surface area (TPSA) is 141 Å². The van der Waals surface area contributed by atoms with Crippen molar-refractivity contribution in [1.82, 2.24) is 9.29 Å². The van der Waals surface area contributed by atoms with Crippen LogP contribution >= 0.6 is 0 Å². The first kappa shape index (κ1) is 24.1. The minimum absolute atomic E-state index is 0.0884. The molecule has 1 aromatic heterocycles. The van der Waals surface area contributed by atoms with E-state index in [1.807, 2.05) is 28.8 Å². The molecule has 1 aliphatic carbocycles. The number of amides is 1. The molecule has 1 saturated carbocycles. The van der Waals surface area contributed by atoms with Crippen molar-refractivity contribution < 1.29 is 27.9 Å². The molecule has 0 radical (unpaired) electrons. The molecule has 10 heteroatoms. The summed E-state index contributed by atoms with van der Waals surface area (Å²) in [5, 5.41) is 15.9. The van der Waals surface area contributed by atoms with Crippen LogP contribution < -0.4 is 14.6 Å². The van der Waals surface area contributed by atoms with E-state index in [1.54, 1.807) is 30.0 Å². The lowest BCUT2D eigenvalue weighted by atomic mass is 9.81. The largest absolute Gasteiger partial charge is 0.497 e. The second-order valence-corrected chi connectivity index (χ2v) is 10.6. The van der Waals surface area contributed by atoms with Gasteiger partial charge in [0.15, 0.2) is 0 Å². The van der Waals surface area contributed by atoms with Crippen molar-refractivity contribution >= 4 is 39.1 Å². The van der Waals surface area contributed by atoms with Crippen molar-refractivity contribution in [2.75, 3.05) is 7.11 Å². The van der Waals surface area contributed by atoms with Crippen LogP contribution in [0, 0.1) is 0 Å². The maximum atomic E-state index is 12.6. The Labute approximate surface area is 208 Å². The number of carbonyl (C=O) groups excluding carboxylic acids is 1. The van der Waals surface area contributed by atoms with E-state index in [0.29, 0.717) is 11.3 Å². The SMILES string of the molecule is COc1ccc2c(c1)C=C(C(=O)O)Cn1c-2c(C2CCCCC2)c2ccc(C(=O)NS(N)(=O)=O)cc21. The summed E-state index contributed by atoms with van der Waals surface area (Å²) < 4.78 is 32.0. The molecule has 2 aromatic carbocycles. The van der Waals surface area contributed by atoms with Crippen molar-refractivity contribution in [2.24, 2.45) is 5.14 Å². The van der Waals surface area contributed by atoms with E-state index in [4.69, 9.17) is 9.88 Å². The normalized spacial score (nSPS) is 16.0. The zero-order chi connectivity index (χ0) is 25.6. The van der Waals surface area contributed by atoms with E-state index in [2.05, 4.69) is 0 Å². The molecule has 1 fully saturated rings. The number of nitrogens with two attached hydrogens (primary N) is 1. The Morgan fingerprint density at radius 2 is 1.86 bits per heavy atom. The van der Waals surface area contributed by atoms with Gasteiger partial charge in [0, 0.05) is 22.0 Å². The first-order valence-electron chi connectivity index (χ1n) is 11.8. The summed E-state index contributed by atoms with van der Waals surface area (Å²) in [6.45, 7) is 0.0884. The summed E-state index contributed by atoms with van der Waals surface area (Å²) in [5.41, 5.74) is 4.67. The Hall–Kier alpha value is -3.63. The van der Waals surface area contributed by atoms with Crippen LogP contribution in [0.25, 0.3) is 28.2 Å². The number of carboxylic acids is 1. The van der Waals surface area contributed by atoms with Gasteiger partial charge < -0.3 is 14.4 Å². The summed E-state index contributed by atoms with van der Waals surface area (Å²) in [5.74, 6) is -0.980. The number of benzene rings is 2. The number of ether oxygens (including phenoxy) is 1. The third kappa shape index (κ3) is 4.38. The van der Waals surface area contributed by atoms with Crippen molar-refractivity contribution in [3.8, 4) is 17.0 Å². The van der Waals surface area contributed by atoms with Crippen LogP contribution in [0.2, 0.25) is 0 Å². The number of rotatable bonds is 5. The molecule has 2 heterocycles. The van der Waals surface area contributed by atoms with Crippen LogP contribution in [-0.2, 0) is 21.5 Å². The fourth-order valence-corrected chi connectivity index (χ4v) is 5.88. The van der Waals surface area contributed by atoms with Gasteiger partial charge in [-0.05, 0) is 66.3 Å². The molecular weight excluding hydrogens is 482 g/mol. The van der Waals surface area contributed by atoms with Gasteiger partial charge in [-0.2, -0.15) is 8.42 Å². The van der Waals surface area contributed by atoms with Gasteiger partial charge in [0.25, 0.3) is 16.1 Å². The quantitative estimate of drug-likeness (QED) is 0.478. The van der Waals surface area contributed by atoms with Gasteiger partial charge in [-0.15, -0.1) is 0 Å². The van der Waals surface area contributed by atoms with Gasteiger partial charge in [0.1, 0.15) is 5.75 Å². The third-order valence-corrected chi connectivity index (χ3v) is 7.53. The molecule has 0 unspecified atom stereocenters. The van der Waals surface area contributed by atoms with E-state index in [9.17, 15) is 23.1 Å². The van der Waals surface area contributed by atoms with Gasteiger partial charge in [-0.1, -0.05) is 25.3 Å². The number of carbonyl (C=O) groups is 2. The third-order valence-electron chi connectivity index (χ3n) is 7.06. The number of hydrogen-bond acceptors (Lipinski definition) is 5. The van der Waals surface area contributed by atoms with E-state index in [0.717, 1.165) is 53.5 Å². The first-order valence-corrected chi connectivity index (χ1v) is 13.3. The minimum Gasteiger partial charge on any atom is -0.497 e. The summed E-state index contributed by atoms with van der Waals surface area (Å²) in [6, 6.07) is 10.7. The number of carboxylic acid groups (broad SMARTS) is 1. The number of aromatic nitrogens is 1. The summed E-state index contributed by atoms with van der Waals surface area (Å²) in [4.78, 5) is 24.8. The van der Waals surface area contributed by atoms with Crippen molar-refractivity contribution in [3.05, 3.63) is 58.7 Å². The molecule has 4 N–H and O–H groups in total. The second-order valence-electron chi connectivity index (χ2n) is 9.32. The zero-order valence-electron chi connectivity index (χ0n) is 19.8. The van der Waals surface area contributed by atoms with Gasteiger partial charge >= 0.3 is 5.97 Å². The lowest BCUT2D eigenvalue weighted by Crippen LogP contribution is -2.35. The van der Waals surface area contributed by atoms with Crippen LogP contribution in [0.3, 0.4) is 0 Å². The van der Waals surface area contributed by atoms with Crippen molar-refractivity contribution in [1.29, 1.82) is 0 Å². The van der Waals surface area contributed by atoms with E-state index in [-0.39, 0.29) is 23.6 Å². The highest BCUT2D eigenvalue weighted by molar-refractivity contribution is 7.87. The zero-order valence-corrected chi connectivity index (χ0v) is 20.6. The Balaban J connectivity index is 1.81. The average Bonchev–Trinajstić information content (AvgIpc) is 3.05. The highest BCUT2D eigenvalue weighted by Gasteiger charge is 2.30. The molecule has 36 heavy (non-hydrogen) atoms. The molecule has 0 spiro atoms.